The molecule has 182 valence electrons. The van der Waals surface area contributed by atoms with E-state index < -0.39 is 27.6 Å². The maximum atomic E-state index is 13.4. The normalized spacial score (nSPS) is 16.3. The lowest BCUT2D eigenvalue weighted by molar-refractivity contribution is -0.126. The third kappa shape index (κ3) is 6.52. The highest BCUT2D eigenvalue weighted by atomic mass is 32.2. The SMILES string of the molecule is O=C(Nc1cccc(CNC(=O)C(c2ccccc2)N2CCS(=O)(=O)CC2)c1)c1cccc(F)c1. The van der Waals surface area contributed by atoms with Crippen molar-refractivity contribution >= 4 is 27.3 Å². The van der Waals surface area contributed by atoms with E-state index in [1.807, 2.05) is 41.3 Å². The van der Waals surface area contributed by atoms with Gasteiger partial charge in [0.1, 0.15) is 11.9 Å². The van der Waals surface area contributed by atoms with E-state index in [0.717, 1.165) is 17.2 Å². The maximum absolute atomic E-state index is 13.4. The van der Waals surface area contributed by atoms with Crippen LogP contribution in [-0.4, -0.2) is 49.7 Å². The fraction of sp³-hybridized carbons (Fsp3) is 0.231. The molecule has 0 radical (unpaired) electrons. The van der Waals surface area contributed by atoms with Gasteiger partial charge in [-0.15, -0.1) is 0 Å². The van der Waals surface area contributed by atoms with E-state index in [4.69, 9.17) is 0 Å². The van der Waals surface area contributed by atoms with Crippen LogP contribution in [0.4, 0.5) is 10.1 Å². The van der Waals surface area contributed by atoms with E-state index in [9.17, 15) is 22.4 Å². The van der Waals surface area contributed by atoms with Crippen molar-refractivity contribution < 1.29 is 22.4 Å². The quantitative estimate of drug-likeness (QED) is 0.525. The molecule has 1 aliphatic heterocycles. The number of rotatable bonds is 7. The monoisotopic (exact) mass is 495 g/mol. The Morgan fingerprint density at radius 2 is 1.63 bits per heavy atom. The van der Waals surface area contributed by atoms with Gasteiger partial charge in [0, 0.05) is 30.9 Å². The summed E-state index contributed by atoms with van der Waals surface area (Å²) in [5.74, 6) is -1.11. The second-order valence-electron chi connectivity index (χ2n) is 8.38. The second-order valence-corrected chi connectivity index (χ2v) is 10.7. The molecular formula is C26H26FN3O4S. The first-order valence-corrected chi connectivity index (χ1v) is 13.1. The van der Waals surface area contributed by atoms with Crippen molar-refractivity contribution in [2.45, 2.75) is 12.6 Å². The highest BCUT2D eigenvalue weighted by molar-refractivity contribution is 7.91. The number of benzene rings is 3. The maximum Gasteiger partial charge on any atom is 0.255 e. The molecule has 4 rings (SSSR count). The molecule has 1 saturated heterocycles. The van der Waals surface area contributed by atoms with Gasteiger partial charge in [-0.3, -0.25) is 14.5 Å². The lowest BCUT2D eigenvalue weighted by Gasteiger charge is -2.33. The highest BCUT2D eigenvalue weighted by Crippen LogP contribution is 2.23. The fourth-order valence-corrected chi connectivity index (χ4v) is 5.26. The highest BCUT2D eigenvalue weighted by Gasteiger charge is 2.32. The minimum Gasteiger partial charge on any atom is -0.350 e. The van der Waals surface area contributed by atoms with Crippen LogP contribution in [0.3, 0.4) is 0 Å². The van der Waals surface area contributed by atoms with Crippen LogP contribution in [0, 0.1) is 5.82 Å². The van der Waals surface area contributed by atoms with Gasteiger partial charge in [0.15, 0.2) is 9.84 Å². The van der Waals surface area contributed by atoms with Gasteiger partial charge in [-0.1, -0.05) is 48.5 Å². The Kier molecular flexibility index (Phi) is 7.57. The van der Waals surface area contributed by atoms with Gasteiger partial charge in [0.05, 0.1) is 11.5 Å². The van der Waals surface area contributed by atoms with Gasteiger partial charge in [-0.2, -0.15) is 0 Å². The number of nitrogens with one attached hydrogen (secondary N) is 2. The van der Waals surface area contributed by atoms with E-state index in [0.29, 0.717) is 5.69 Å². The van der Waals surface area contributed by atoms with Crippen LogP contribution in [0.5, 0.6) is 0 Å². The second kappa shape index (κ2) is 10.8. The number of anilines is 1. The predicted molar refractivity (Wildman–Crippen MR) is 132 cm³/mol. The number of hydrogen-bond donors (Lipinski definition) is 2. The van der Waals surface area contributed by atoms with E-state index in [1.165, 1.54) is 18.2 Å². The van der Waals surface area contributed by atoms with Crippen LogP contribution >= 0.6 is 0 Å². The Labute approximate surface area is 203 Å². The summed E-state index contributed by atoms with van der Waals surface area (Å²) in [5.41, 5.74) is 2.29. The topological polar surface area (TPSA) is 95.6 Å². The summed E-state index contributed by atoms with van der Waals surface area (Å²) in [7, 11) is -3.08. The zero-order chi connectivity index (χ0) is 24.8. The molecule has 1 heterocycles. The van der Waals surface area contributed by atoms with Crippen LogP contribution in [-0.2, 0) is 21.2 Å². The summed E-state index contributed by atoms with van der Waals surface area (Å²) >= 11 is 0. The molecule has 0 spiro atoms. The molecule has 3 aromatic rings. The smallest absolute Gasteiger partial charge is 0.255 e. The Morgan fingerprint density at radius 3 is 2.34 bits per heavy atom. The lowest BCUT2D eigenvalue weighted by Crippen LogP contribution is -2.47. The molecule has 1 fully saturated rings. The number of hydrogen-bond acceptors (Lipinski definition) is 5. The molecular weight excluding hydrogens is 469 g/mol. The molecule has 0 bridgehead atoms. The summed E-state index contributed by atoms with van der Waals surface area (Å²) in [4.78, 5) is 27.6. The van der Waals surface area contributed by atoms with E-state index in [-0.39, 0.29) is 42.6 Å². The Bertz CT molecular complexity index is 1300. The van der Waals surface area contributed by atoms with Crippen molar-refractivity contribution in [2.24, 2.45) is 0 Å². The first kappa shape index (κ1) is 24.6. The van der Waals surface area contributed by atoms with E-state index >= 15 is 0 Å². The van der Waals surface area contributed by atoms with Crippen molar-refractivity contribution in [1.29, 1.82) is 0 Å². The van der Waals surface area contributed by atoms with Crippen LogP contribution in [0.25, 0.3) is 0 Å². The number of amides is 2. The lowest BCUT2D eigenvalue weighted by atomic mass is 10.0. The number of sulfone groups is 1. The van der Waals surface area contributed by atoms with E-state index in [1.54, 1.807) is 18.2 Å². The third-order valence-electron chi connectivity index (χ3n) is 5.85. The minimum absolute atomic E-state index is 0.0245. The van der Waals surface area contributed by atoms with Gasteiger partial charge in [0.2, 0.25) is 5.91 Å². The Morgan fingerprint density at radius 1 is 0.914 bits per heavy atom. The van der Waals surface area contributed by atoms with Crippen LogP contribution in [0.1, 0.15) is 27.5 Å². The van der Waals surface area contributed by atoms with E-state index in [2.05, 4.69) is 10.6 Å². The Balaban J connectivity index is 1.43. The van der Waals surface area contributed by atoms with Gasteiger partial charge in [-0.05, 0) is 41.5 Å². The summed E-state index contributed by atoms with van der Waals surface area (Å²) in [5, 5.41) is 5.68. The average molecular weight is 496 g/mol. The van der Waals surface area contributed by atoms with Crippen molar-refractivity contribution in [3.05, 3.63) is 101 Å². The third-order valence-corrected chi connectivity index (χ3v) is 7.46. The van der Waals surface area contributed by atoms with Crippen LogP contribution in [0.2, 0.25) is 0 Å². The number of nitrogens with zero attached hydrogens (tertiary/aromatic N) is 1. The molecule has 1 aliphatic rings. The van der Waals surface area contributed by atoms with Gasteiger partial charge < -0.3 is 10.6 Å². The van der Waals surface area contributed by atoms with Crippen molar-refractivity contribution in [1.82, 2.24) is 10.2 Å². The fourth-order valence-electron chi connectivity index (χ4n) is 4.03. The Hall–Kier alpha value is -3.56. The first-order valence-electron chi connectivity index (χ1n) is 11.2. The summed E-state index contributed by atoms with van der Waals surface area (Å²) in [6.07, 6.45) is 0. The summed E-state index contributed by atoms with van der Waals surface area (Å²) in [6.45, 7) is 0.797. The molecule has 1 atom stereocenters. The molecule has 7 nitrogen and oxygen atoms in total. The van der Waals surface area contributed by atoms with Crippen LogP contribution in [0.15, 0.2) is 78.9 Å². The molecule has 2 amide bonds. The molecule has 0 aliphatic carbocycles. The van der Waals surface area contributed by atoms with Crippen molar-refractivity contribution in [3.63, 3.8) is 0 Å². The van der Waals surface area contributed by atoms with Gasteiger partial charge >= 0.3 is 0 Å². The number of carbonyl (C=O) groups excluding carboxylic acids is 2. The molecule has 0 saturated carbocycles. The number of halogens is 1. The molecule has 3 aromatic carbocycles. The number of carbonyl (C=O) groups is 2. The largest absolute Gasteiger partial charge is 0.350 e. The minimum atomic E-state index is -3.08. The van der Waals surface area contributed by atoms with Crippen LogP contribution < -0.4 is 10.6 Å². The van der Waals surface area contributed by atoms with Gasteiger partial charge in [-0.25, -0.2) is 12.8 Å². The summed E-state index contributed by atoms with van der Waals surface area (Å²) < 4.78 is 37.2. The average Bonchev–Trinajstić information content (AvgIpc) is 2.85. The zero-order valence-electron chi connectivity index (χ0n) is 19.0. The molecule has 2 N–H and O–H groups in total. The predicted octanol–water partition coefficient (Wildman–Crippen LogP) is 3.17. The molecule has 35 heavy (non-hydrogen) atoms. The van der Waals surface area contributed by atoms with Crippen molar-refractivity contribution in [2.75, 3.05) is 29.9 Å². The molecule has 0 aromatic heterocycles. The zero-order valence-corrected chi connectivity index (χ0v) is 19.8. The molecule has 1 unspecified atom stereocenters. The van der Waals surface area contributed by atoms with Gasteiger partial charge in [0.25, 0.3) is 5.91 Å². The summed E-state index contributed by atoms with van der Waals surface area (Å²) in [6, 6.07) is 21.1. The molecule has 9 heteroatoms. The first-order chi connectivity index (χ1) is 16.8. The van der Waals surface area contributed by atoms with Crippen molar-refractivity contribution in [3.8, 4) is 0 Å². The standard InChI is InChI=1S/C26H26FN3O4S/c27-22-10-5-9-21(17-22)25(31)29-23-11-4-6-19(16-23)18-28-26(32)24(20-7-2-1-3-8-20)30-12-14-35(33,34)15-13-30/h1-11,16-17,24H,12-15,18H2,(H,28,32)(H,29,31).